The van der Waals surface area contributed by atoms with Gasteiger partial charge in [-0.1, -0.05) is 36.4 Å². The molecule has 0 amide bonds. The van der Waals surface area contributed by atoms with E-state index in [9.17, 15) is 4.79 Å². The number of benzene rings is 2. The quantitative estimate of drug-likeness (QED) is 0.492. The van der Waals surface area contributed by atoms with E-state index in [1.165, 1.54) is 0 Å². The van der Waals surface area contributed by atoms with Gasteiger partial charge in [-0.25, -0.2) is 19.4 Å². The number of ether oxygens (including phenoxy) is 1. The van der Waals surface area contributed by atoms with Crippen LogP contribution in [0.1, 0.15) is 28.5 Å². The zero-order chi connectivity index (χ0) is 21.2. The second-order valence-electron chi connectivity index (χ2n) is 7.20. The number of nitrogens with zero attached hydrogens (tertiary/aromatic N) is 4. The van der Waals surface area contributed by atoms with Crippen LogP contribution in [0.2, 0.25) is 0 Å². The van der Waals surface area contributed by atoms with E-state index >= 15 is 0 Å². The maximum atomic E-state index is 12.6. The van der Waals surface area contributed by atoms with E-state index in [4.69, 9.17) is 9.72 Å². The fourth-order valence-corrected chi connectivity index (χ4v) is 3.82. The molecular weight excluding hydrogens is 390 g/mol. The molecule has 0 saturated heterocycles. The smallest absolute Gasteiger partial charge is 0.359 e. The molecule has 0 radical (unpaired) electrons. The van der Waals surface area contributed by atoms with Crippen LogP contribution in [0, 0.1) is 0 Å². The van der Waals surface area contributed by atoms with Crippen molar-refractivity contribution in [1.82, 2.24) is 19.7 Å². The van der Waals surface area contributed by atoms with Crippen molar-refractivity contribution in [1.29, 1.82) is 0 Å². The van der Waals surface area contributed by atoms with Crippen molar-refractivity contribution in [3.63, 3.8) is 0 Å². The Kier molecular flexibility index (Phi) is 4.92. The second-order valence-corrected chi connectivity index (χ2v) is 7.20. The molecule has 0 unspecified atom stereocenters. The first-order chi connectivity index (χ1) is 15.2. The zero-order valence-corrected chi connectivity index (χ0v) is 17.1. The van der Waals surface area contributed by atoms with Crippen molar-refractivity contribution in [2.24, 2.45) is 0 Å². The Hall–Kier alpha value is -4.00. The number of esters is 1. The number of rotatable bonds is 5. The van der Waals surface area contributed by atoms with Crippen LogP contribution in [-0.2, 0) is 17.6 Å². The average Bonchev–Trinajstić information content (AvgIpc) is 3.21. The highest BCUT2D eigenvalue weighted by atomic mass is 16.5. The highest BCUT2D eigenvalue weighted by molar-refractivity contribution is 5.92. The summed E-state index contributed by atoms with van der Waals surface area (Å²) in [6.07, 6.45) is 3.27. The minimum absolute atomic E-state index is 0.301. The summed E-state index contributed by atoms with van der Waals surface area (Å²) in [5.41, 5.74) is 5.59. The van der Waals surface area contributed by atoms with Gasteiger partial charge in [0.2, 0.25) is 5.95 Å². The van der Waals surface area contributed by atoms with Crippen molar-refractivity contribution in [3.05, 3.63) is 83.7 Å². The third-order valence-electron chi connectivity index (χ3n) is 5.22. The van der Waals surface area contributed by atoms with Gasteiger partial charge in [-0.15, -0.1) is 0 Å². The van der Waals surface area contributed by atoms with Crippen LogP contribution in [0.5, 0.6) is 0 Å². The van der Waals surface area contributed by atoms with Gasteiger partial charge in [-0.05, 0) is 49.6 Å². The van der Waals surface area contributed by atoms with Crippen molar-refractivity contribution >= 4 is 17.6 Å². The van der Waals surface area contributed by atoms with E-state index in [1.807, 2.05) is 66.9 Å². The van der Waals surface area contributed by atoms with Gasteiger partial charge < -0.3 is 10.1 Å². The molecule has 0 spiro atoms. The summed E-state index contributed by atoms with van der Waals surface area (Å²) in [5.74, 6) is 0.0878. The second kappa shape index (κ2) is 8.02. The van der Waals surface area contributed by atoms with E-state index in [0.29, 0.717) is 24.7 Å². The van der Waals surface area contributed by atoms with Gasteiger partial charge in [-0.3, -0.25) is 0 Å². The molecule has 1 N–H and O–H groups in total. The molecule has 0 aliphatic heterocycles. The molecule has 2 aromatic carbocycles. The Morgan fingerprint density at radius 2 is 1.81 bits per heavy atom. The largest absolute Gasteiger partial charge is 0.461 e. The van der Waals surface area contributed by atoms with Gasteiger partial charge in [0.05, 0.1) is 23.7 Å². The van der Waals surface area contributed by atoms with Crippen LogP contribution in [0.4, 0.5) is 11.6 Å². The van der Waals surface area contributed by atoms with Crippen molar-refractivity contribution in [2.45, 2.75) is 19.8 Å². The molecule has 4 aromatic rings. The standard InChI is InChI=1S/C24H21N5O2/c1-2-31-23(30)21-19-14-13-16-15-25-24(26-17-9-5-3-6-10-17)27-20(16)22(19)29(28-21)18-11-7-4-8-12-18/h3-12,15H,2,13-14H2,1H3,(H,25,26,27). The molecule has 2 heterocycles. The van der Waals surface area contributed by atoms with Crippen LogP contribution >= 0.6 is 0 Å². The first-order valence-electron chi connectivity index (χ1n) is 10.3. The summed E-state index contributed by atoms with van der Waals surface area (Å²) in [7, 11) is 0. The number of carbonyl (C=O) groups is 1. The molecule has 1 aliphatic rings. The molecule has 5 rings (SSSR count). The summed E-state index contributed by atoms with van der Waals surface area (Å²) >= 11 is 0. The normalized spacial score (nSPS) is 12.0. The first-order valence-corrected chi connectivity index (χ1v) is 10.3. The molecule has 7 heteroatoms. The molecule has 7 nitrogen and oxygen atoms in total. The molecule has 0 atom stereocenters. The lowest BCUT2D eigenvalue weighted by molar-refractivity contribution is 0.0517. The summed E-state index contributed by atoms with van der Waals surface area (Å²) in [4.78, 5) is 21.9. The maximum Gasteiger partial charge on any atom is 0.359 e. The van der Waals surface area contributed by atoms with E-state index in [0.717, 1.165) is 40.3 Å². The van der Waals surface area contributed by atoms with Gasteiger partial charge in [0.15, 0.2) is 5.69 Å². The third-order valence-corrected chi connectivity index (χ3v) is 5.22. The third kappa shape index (κ3) is 3.54. The van der Waals surface area contributed by atoms with E-state index < -0.39 is 5.97 Å². The Labute approximate surface area is 179 Å². The number of carbonyl (C=O) groups excluding carboxylic acids is 1. The van der Waals surface area contributed by atoms with Gasteiger partial charge >= 0.3 is 5.97 Å². The highest BCUT2D eigenvalue weighted by Crippen LogP contribution is 2.36. The summed E-state index contributed by atoms with van der Waals surface area (Å²) < 4.78 is 7.06. The fraction of sp³-hybridized carbons (Fsp3) is 0.167. The monoisotopic (exact) mass is 411 g/mol. The first kappa shape index (κ1) is 19.0. The zero-order valence-electron chi connectivity index (χ0n) is 17.1. The number of fused-ring (bicyclic) bond motifs is 3. The van der Waals surface area contributed by atoms with Crippen LogP contribution in [0.15, 0.2) is 66.9 Å². The van der Waals surface area contributed by atoms with Gasteiger partial charge in [0.25, 0.3) is 0 Å². The number of hydrogen-bond acceptors (Lipinski definition) is 6. The minimum Gasteiger partial charge on any atom is -0.461 e. The predicted octanol–water partition coefficient (Wildman–Crippen LogP) is 4.35. The maximum absolute atomic E-state index is 12.6. The van der Waals surface area contributed by atoms with Crippen molar-refractivity contribution < 1.29 is 9.53 Å². The molecule has 0 fully saturated rings. The lowest BCUT2D eigenvalue weighted by atomic mass is 9.93. The summed E-state index contributed by atoms with van der Waals surface area (Å²) in [5, 5.41) is 7.90. The van der Waals surface area contributed by atoms with Crippen molar-refractivity contribution in [3.8, 4) is 17.1 Å². The predicted molar refractivity (Wildman–Crippen MR) is 118 cm³/mol. The molecule has 2 aromatic heterocycles. The highest BCUT2D eigenvalue weighted by Gasteiger charge is 2.31. The molecule has 31 heavy (non-hydrogen) atoms. The van der Waals surface area contributed by atoms with Crippen LogP contribution in [0.25, 0.3) is 17.1 Å². The minimum atomic E-state index is -0.409. The number of nitrogens with one attached hydrogen (secondary N) is 1. The number of anilines is 2. The van der Waals surface area contributed by atoms with Crippen molar-refractivity contribution in [2.75, 3.05) is 11.9 Å². The number of hydrogen-bond donors (Lipinski definition) is 1. The number of aryl methyl sites for hydroxylation is 1. The molecule has 0 saturated carbocycles. The fourth-order valence-electron chi connectivity index (χ4n) is 3.82. The van der Waals surface area contributed by atoms with Gasteiger partial charge in [0.1, 0.15) is 0 Å². The molecule has 154 valence electrons. The van der Waals surface area contributed by atoms with Crippen LogP contribution in [-0.4, -0.2) is 32.3 Å². The molecule has 1 aliphatic carbocycles. The van der Waals surface area contributed by atoms with E-state index in [1.54, 1.807) is 11.6 Å². The van der Waals surface area contributed by atoms with Crippen LogP contribution < -0.4 is 5.32 Å². The van der Waals surface area contributed by atoms with Gasteiger partial charge in [0, 0.05) is 17.4 Å². The number of para-hydroxylation sites is 2. The molecular formula is C24H21N5O2. The molecule has 0 bridgehead atoms. The summed E-state index contributed by atoms with van der Waals surface area (Å²) in [6.45, 7) is 2.10. The Balaban J connectivity index is 1.66. The SMILES string of the molecule is CCOC(=O)c1nn(-c2ccccc2)c2c1CCc1cnc(Nc3ccccc3)nc1-2. The topological polar surface area (TPSA) is 81.9 Å². The van der Waals surface area contributed by atoms with Gasteiger partial charge in [-0.2, -0.15) is 5.10 Å². The lowest BCUT2D eigenvalue weighted by Crippen LogP contribution is -2.12. The van der Waals surface area contributed by atoms with Crippen LogP contribution in [0.3, 0.4) is 0 Å². The Morgan fingerprint density at radius 1 is 1.06 bits per heavy atom. The van der Waals surface area contributed by atoms with E-state index in [-0.39, 0.29) is 0 Å². The summed E-state index contributed by atoms with van der Waals surface area (Å²) in [6, 6.07) is 19.5. The lowest BCUT2D eigenvalue weighted by Gasteiger charge is -2.18. The number of aromatic nitrogens is 4. The van der Waals surface area contributed by atoms with E-state index in [2.05, 4.69) is 15.4 Å². The average molecular weight is 411 g/mol. The Morgan fingerprint density at radius 3 is 2.55 bits per heavy atom. The Bertz CT molecular complexity index is 1240.